The highest BCUT2D eigenvalue weighted by molar-refractivity contribution is 7.15. The molecule has 0 N–H and O–H groups in total. The molecular weight excluding hydrogens is 330 g/mol. The second kappa shape index (κ2) is 7.29. The van der Waals surface area contributed by atoms with Gasteiger partial charge in [-0.1, -0.05) is 30.3 Å². The van der Waals surface area contributed by atoms with Gasteiger partial charge < -0.3 is 4.90 Å². The van der Waals surface area contributed by atoms with E-state index < -0.39 is 0 Å². The molecule has 2 aromatic carbocycles. The molecule has 0 bridgehead atoms. The number of Topliss-reactive ketones (excluding diaryl/α,β-unsaturated/α-hetero) is 1. The van der Waals surface area contributed by atoms with Crippen molar-refractivity contribution in [3.63, 3.8) is 0 Å². The lowest BCUT2D eigenvalue weighted by Gasteiger charge is -2.21. The Morgan fingerprint density at radius 1 is 1.12 bits per heavy atom. The van der Waals surface area contributed by atoms with Gasteiger partial charge in [0.25, 0.3) is 0 Å². The van der Waals surface area contributed by atoms with Gasteiger partial charge in [0.15, 0.2) is 10.9 Å². The minimum atomic E-state index is 0.0236. The molecule has 0 aliphatic rings. The maximum atomic E-state index is 12.7. The van der Waals surface area contributed by atoms with Gasteiger partial charge in [0, 0.05) is 16.1 Å². The normalized spacial score (nSPS) is 10.3. The number of rotatable bonds is 5. The monoisotopic (exact) mass is 347 g/mol. The van der Waals surface area contributed by atoms with Gasteiger partial charge in [-0.3, -0.25) is 4.79 Å². The van der Waals surface area contributed by atoms with Crippen LogP contribution in [0, 0.1) is 25.2 Å². The van der Waals surface area contributed by atoms with Crippen LogP contribution in [0.1, 0.15) is 26.5 Å². The molecular formula is C20H17N3OS. The van der Waals surface area contributed by atoms with Gasteiger partial charge in [0.1, 0.15) is 0 Å². The van der Waals surface area contributed by atoms with Crippen molar-refractivity contribution in [1.82, 2.24) is 4.98 Å². The molecule has 124 valence electrons. The Morgan fingerprint density at radius 3 is 2.36 bits per heavy atom. The van der Waals surface area contributed by atoms with Crippen LogP contribution in [0.3, 0.4) is 0 Å². The zero-order valence-electron chi connectivity index (χ0n) is 14.1. The van der Waals surface area contributed by atoms with Gasteiger partial charge in [0.2, 0.25) is 0 Å². The number of ketones is 1. The van der Waals surface area contributed by atoms with E-state index in [0.717, 1.165) is 21.4 Å². The van der Waals surface area contributed by atoms with E-state index in [0.29, 0.717) is 11.1 Å². The molecule has 0 aliphatic carbocycles. The fraction of sp³-hybridized carbons (Fsp3) is 0.150. The van der Waals surface area contributed by atoms with Gasteiger partial charge in [-0.05, 0) is 38.1 Å². The number of anilines is 2. The van der Waals surface area contributed by atoms with Crippen molar-refractivity contribution in [3.8, 4) is 6.07 Å². The van der Waals surface area contributed by atoms with Crippen LogP contribution in [0.25, 0.3) is 0 Å². The molecule has 3 aromatic rings. The smallest absolute Gasteiger partial charge is 0.190 e. The first-order valence-corrected chi connectivity index (χ1v) is 8.70. The van der Waals surface area contributed by atoms with Gasteiger partial charge in [-0.2, -0.15) is 5.26 Å². The summed E-state index contributed by atoms with van der Waals surface area (Å²) in [6, 6.07) is 18.6. The fourth-order valence-corrected chi connectivity index (χ4v) is 3.35. The SMILES string of the molecule is Cc1nc(N(CC(=O)c2ccccc2)c2ccc(C#N)cc2)sc1C. The standard InChI is InChI=1S/C20H17N3OS/c1-14-15(2)25-20(22-14)23(18-10-8-16(12-21)9-11-18)13-19(24)17-6-4-3-5-7-17/h3-11H,13H2,1-2H3. The number of benzene rings is 2. The Kier molecular flexibility index (Phi) is 4.92. The Labute approximate surface area is 151 Å². The van der Waals surface area contributed by atoms with E-state index in [-0.39, 0.29) is 12.3 Å². The summed E-state index contributed by atoms with van der Waals surface area (Å²) in [5.41, 5.74) is 3.07. The molecule has 1 aromatic heterocycles. The number of hydrogen-bond donors (Lipinski definition) is 0. The molecule has 0 saturated heterocycles. The first kappa shape index (κ1) is 16.9. The van der Waals surface area contributed by atoms with E-state index in [1.807, 2.05) is 61.2 Å². The summed E-state index contributed by atoms with van der Waals surface area (Å²) in [7, 11) is 0. The summed E-state index contributed by atoms with van der Waals surface area (Å²) in [5, 5.41) is 9.77. The van der Waals surface area contributed by atoms with Crippen LogP contribution in [0.5, 0.6) is 0 Å². The van der Waals surface area contributed by atoms with Crippen molar-refractivity contribution in [2.45, 2.75) is 13.8 Å². The zero-order chi connectivity index (χ0) is 17.8. The average Bonchev–Trinajstić information content (AvgIpc) is 2.99. The lowest BCUT2D eigenvalue weighted by molar-refractivity contribution is 0.100. The summed E-state index contributed by atoms with van der Waals surface area (Å²) < 4.78 is 0. The predicted octanol–water partition coefficient (Wildman–Crippen LogP) is 4.65. The van der Waals surface area contributed by atoms with Crippen molar-refractivity contribution >= 4 is 27.9 Å². The van der Waals surface area contributed by atoms with E-state index >= 15 is 0 Å². The third-order valence-electron chi connectivity index (χ3n) is 3.95. The van der Waals surface area contributed by atoms with E-state index in [1.165, 1.54) is 0 Å². The molecule has 0 unspecified atom stereocenters. The molecule has 5 heteroatoms. The van der Waals surface area contributed by atoms with Crippen LogP contribution < -0.4 is 4.90 Å². The molecule has 3 rings (SSSR count). The number of thiazole rings is 1. The van der Waals surface area contributed by atoms with Crippen molar-refractivity contribution in [1.29, 1.82) is 5.26 Å². The first-order valence-electron chi connectivity index (χ1n) is 7.88. The van der Waals surface area contributed by atoms with Crippen LogP contribution in [-0.2, 0) is 0 Å². The Morgan fingerprint density at radius 2 is 1.80 bits per heavy atom. The van der Waals surface area contributed by atoms with Crippen molar-refractivity contribution < 1.29 is 4.79 Å². The summed E-state index contributed by atoms with van der Waals surface area (Å²) in [6.07, 6.45) is 0. The third kappa shape index (κ3) is 3.76. The predicted molar refractivity (Wildman–Crippen MR) is 101 cm³/mol. The number of carbonyl (C=O) groups excluding carboxylic acids is 1. The Hall–Kier alpha value is -2.97. The largest absolute Gasteiger partial charge is 0.310 e. The zero-order valence-corrected chi connectivity index (χ0v) is 14.9. The summed E-state index contributed by atoms with van der Waals surface area (Å²) in [6.45, 7) is 4.18. The molecule has 4 nitrogen and oxygen atoms in total. The number of nitriles is 1. The maximum absolute atomic E-state index is 12.7. The van der Waals surface area contributed by atoms with Gasteiger partial charge in [-0.15, -0.1) is 11.3 Å². The average molecular weight is 347 g/mol. The van der Waals surface area contributed by atoms with Gasteiger partial charge in [-0.25, -0.2) is 4.98 Å². The van der Waals surface area contributed by atoms with Crippen LogP contribution in [0.4, 0.5) is 10.8 Å². The second-order valence-electron chi connectivity index (χ2n) is 5.67. The second-order valence-corrected chi connectivity index (χ2v) is 6.85. The van der Waals surface area contributed by atoms with E-state index in [2.05, 4.69) is 11.1 Å². The van der Waals surface area contributed by atoms with E-state index in [9.17, 15) is 4.79 Å². The van der Waals surface area contributed by atoms with Crippen LogP contribution >= 0.6 is 11.3 Å². The maximum Gasteiger partial charge on any atom is 0.190 e. The highest BCUT2D eigenvalue weighted by Gasteiger charge is 2.19. The Balaban J connectivity index is 1.96. The molecule has 0 spiro atoms. The third-order valence-corrected chi connectivity index (χ3v) is 5.05. The van der Waals surface area contributed by atoms with Crippen LogP contribution in [0.15, 0.2) is 54.6 Å². The van der Waals surface area contributed by atoms with Gasteiger partial charge in [0.05, 0.1) is 23.9 Å². The minimum Gasteiger partial charge on any atom is -0.310 e. The Bertz CT molecular complexity index is 904. The fourth-order valence-electron chi connectivity index (χ4n) is 2.42. The quantitative estimate of drug-likeness (QED) is 0.630. The van der Waals surface area contributed by atoms with Crippen LogP contribution in [0.2, 0.25) is 0 Å². The molecule has 0 aliphatic heterocycles. The molecule has 0 fully saturated rings. The van der Waals surface area contributed by atoms with Crippen molar-refractivity contribution in [2.24, 2.45) is 0 Å². The molecule has 0 radical (unpaired) electrons. The van der Waals surface area contributed by atoms with Gasteiger partial charge >= 0.3 is 0 Å². The summed E-state index contributed by atoms with van der Waals surface area (Å²) >= 11 is 1.56. The molecule has 0 saturated carbocycles. The molecule has 0 amide bonds. The lowest BCUT2D eigenvalue weighted by atomic mass is 10.1. The number of nitrogens with zero attached hydrogens (tertiary/aromatic N) is 3. The number of aromatic nitrogens is 1. The minimum absolute atomic E-state index is 0.0236. The van der Waals surface area contributed by atoms with E-state index in [4.69, 9.17) is 5.26 Å². The topological polar surface area (TPSA) is 57.0 Å². The summed E-state index contributed by atoms with van der Waals surface area (Å²) in [4.78, 5) is 20.3. The first-order chi connectivity index (χ1) is 12.1. The molecule has 0 atom stereocenters. The van der Waals surface area contributed by atoms with Crippen molar-refractivity contribution in [3.05, 3.63) is 76.3 Å². The highest BCUT2D eigenvalue weighted by atomic mass is 32.1. The van der Waals surface area contributed by atoms with Crippen LogP contribution in [-0.4, -0.2) is 17.3 Å². The highest BCUT2D eigenvalue weighted by Crippen LogP contribution is 2.31. The number of carbonyl (C=O) groups is 1. The summed E-state index contributed by atoms with van der Waals surface area (Å²) in [5.74, 6) is 0.0236. The number of hydrogen-bond acceptors (Lipinski definition) is 5. The lowest BCUT2D eigenvalue weighted by Crippen LogP contribution is -2.25. The van der Waals surface area contributed by atoms with Crippen molar-refractivity contribution in [2.75, 3.05) is 11.4 Å². The molecule has 1 heterocycles. The number of aryl methyl sites for hydroxylation is 2. The molecule has 25 heavy (non-hydrogen) atoms. The van der Waals surface area contributed by atoms with E-state index in [1.54, 1.807) is 23.5 Å².